The number of aromatic nitrogens is 4. The molecule has 0 spiro atoms. The quantitative estimate of drug-likeness (QED) is 0.243. The maximum absolute atomic E-state index is 13.1. The van der Waals surface area contributed by atoms with Gasteiger partial charge in [0.2, 0.25) is 5.91 Å². The van der Waals surface area contributed by atoms with Crippen LogP contribution in [0.4, 0.5) is 24.8 Å². The Kier molecular flexibility index (Phi) is 8.28. The number of nitrogens with one attached hydrogen (secondary N) is 3. The number of amides is 2. The lowest BCUT2D eigenvalue weighted by Gasteiger charge is -2.17. The summed E-state index contributed by atoms with van der Waals surface area (Å²) in [7, 11) is 0. The van der Waals surface area contributed by atoms with Crippen LogP contribution < -0.4 is 21.7 Å². The predicted octanol–water partition coefficient (Wildman–Crippen LogP) is 5.34. The summed E-state index contributed by atoms with van der Waals surface area (Å²) in [5.41, 5.74) is 8.80. The van der Waals surface area contributed by atoms with Gasteiger partial charge in [0.05, 0.1) is 22.5 Å². The van der Waals surface area contributed by atoms with E-state index in [2.05, 4.69) is 32.0 Å². The van der Waals surface area contributed by atoms with E-state index in [0.29, 0.717) is 28.9 Å². The molecule has 1 aliphatic carbocycles. The molecule has 45 heavy (non-hydrogen) atoms. The number of pyridine rings is 2. The Morgan fingerprint density at radius 2 is 1.93 bits per heavy atom. The molecule has 5 N–H and O–H groups in total. The third-order valence-electron chi connectivity index (χ3n) is 8.24. The van der Waals surface area contributed by atoms with Crippen LogP contribution in [0.1, 0.15) is 66.6 Å². The number of fused-ring (bicyclic) bond motifs is 3. The van der Waals surface area contributed by atoms with E-state index >= 15 is 0 Å². The fourth-order valence-electron chi connectivity index (χ4n) is 6.02. The summed E-state index contributed by atoms with van der Waals surface area (Å²) in [5.74, 6) is -0.463. The average molecular weight is 619 g/mol. The Labute approximate surface area is 257 Å². The van der Waals surface area contributed by atoms with Crippen molar-refractivity contribution in [2.45, 2.75) is 63.3 Å². The second kappa shape index (κ2) is 12.3. The van der Waals surface area contributed by atoms with Crippen LogP contribution in [0.2, 0.25) is 0 Å². The summed E-state index contributed by atoms with van der Waals surface area (Å²) in [5, 5.41) is 14.7. The van der Waals surface area contributed by atoms with Crippen molar-refractivity contribution in [3.8, 4) is 11.3 Å². The van der Waals surface area contributed by atoms with Gasteiger partial charge < -0.3 is 21.7 Å². The molecule has 2 bridgehead atoms. The third-order valence-corrected chi connectivity index (χ3v) is 8.24. The number of rotatable bonds is 3. The molecule has 0 radical (unpaired) electrons. The number of anilines is 2. The first-order valence-corrected chi connectivity index (χ1v) is 14.9. The van der Waals surface area contributed by atoms with Gasteiger partial charge >= 0.3 is 6.18 Å². The molecule has 1 saturated carbocycles. The fourth-order valence-corrected chi connectivity index (χ4v) is 6.02. The molecule has 6 rings (SSSR count). The Morgan fingerprint density at radius 1 is 1.13 bits per heavy atom. The number of nitrogen functional groups attached to an aromatic ring is 1. The minimum atomic E-state index is -4.56. The van der Waals surface area contributed by atoms with E-state index in [-0.39, 0.29) is 35.4 Å². The molecule has 1 aromatic carbocycles. The zero-order valence-corrected chi connectivity index (χ0v) is 24.6. The van der Waals surface area contributed by atoms with Gasteiger partial charge in [0.1, 0.15) is 17.3 Å². The highest BCUT2D eigenvalue weighted by atomic mass is 19.4. The van der Waals surface area contributed by atoms with Crippen LogP contribution in [0.5, 0.6) is 0 Å². The summed E-state index contributed by atoms with van der Waals surface area (Å²) in [6.07, 6.45) is 5.80. The van der Waals surface area contributed by atoms with Gasteiger partial charge in [0.25, 0.3) is 5.91 Å². The zero-order valence-electron chi connectivity index (χ0n) is 24.6. The van der Waals surface area contributed by atoms with E-state index in [1.807, 2.05) is 17.7 Å². The molecule has 4 aromatic rings. The number of benzene rings is 1. The summed E-state index contributed by atoms with van der Waals surface area (Å²) in [4.78, 5) is 33.9. The molecular weight excluding hydrogens is 585 g/mol. The van der Waals surface area contributed by atoms with Crippen molar-refractivity contribution in [2.24, 2.45) is 0 Å². The van der Waals surface area contributed by atoms with Gasteiger partial charge in [-0.25, -0.2) is 9.97 Å². The van der Waals surface area contributed by atoms with Gasteiger partial charge in [-0.1, -0.05) is 24.3 Å². The van der Waals surface area contributed by atoms with Crippen LogP contribution in [0.15, 0.2) is 54.9 Å². The summed E-state index contributed by atoms with van der Waals surface area (Å²) >= 11 is 0. The van der Waals surface area contributed by atoms with Crippen LogP contribution >= 0.6 is 0 Å². The molecule has 3 atom stereocenters. The molecule has 0 saturated heterocycles. The van der Waals surface area contributed by atoms with Gasteiger partial charge in [-0.3, -0.25) is 14.3 Å². The molecule has 10 nitrogen and oxygen atoms in total. The summed E-state index contributed by atoms with van der Waals surface area (Å²) < 4.78 is 41.3. The van der Waals surface area contributed by atoms with Crippen LogP contribution in [0, 0.1) is 0 Å². The number of carbonyl (C=O) groups excluding carboxylic acids is 2. The summed E-state index contributed by atoms with van der Waals surface area (Å²) in [6, 6.07) is 8.34. The monoisotopic (exact) mass is 618 g/mol. The second-order valence-corrected chi connectivity index (χ2v) is 11.6. The maximum atomic E-state index is 13.1. The molecule has 2 aliphatic rings. The Balaban J connectivity index is 1.34. The lowest BCUT2D eigenvalue weighted by molar-refractivity contribution is -0.137. The molecule has 1 aliphatic heterocycles. The van der Waals surface area contributed by atoms with E-state index in [1.54, 1.807) is 30.5 Å². The number of nitrogens with two attached hydrogens (primary N) is 1. The molecule has 1 fully saturated rings. The highest BCUT2D eigenvalue weighted by molar-refractivity contribution is 6.06. The van der Waals surface area contributed by atoms with Crippen molar-refractivity contribution < 1.29 is 22.8 Å². The maximum Gasteiger partial charge on any atom is 0.416 e. The van der Waals surface area contributed by atoms with E-state index in [4.69, 9.17) is 10.8 Å². The van der Waals surface area contributed by atoms with Gasteiger partial charge in [-0.2, -0.15) is 18.3 Å². The van der Waals surface area contributed by atoms with Crippen molar-refractivity contribution >= 4 is 40.4 Å². The predicted molar refractivity (Wildman–Crippen MR) is 165 cm³/mol. The zero-order chi connectivity index (χ0) is 31.7. The van der Waals surface area contributed by atoms with Crippen molar-refractivity contribution in [1.29, 1.82) is 0 Å². The smallest absolute Gasteiger partial charge is 0.383 e. The van der Waals surface area contributed by atoms with Crippen LogP contribution in [-0.2, 0) is 11.0 Å². The molecule has 234 valence electrons. The van der Waals surface area contributed by atoms with Gasteiger partial charge in [-0.05, 0) is 63.4 Å². The SMILES string of the molecule is C[C@@H]1CC(=O)N[C@@H]2CC[C@H](C2)n2nc(-c3ccc(C(=O)Nc4cc(C(F)(F)F)ccn4)cc3)c3c(N)ncc(c32)/C=C/CCN1. The van der Waals surface area contributed by atoms with E-state index in [0.717, 1.165) is 61.6 Å². The number of hydrogen-bond acceptors (Lipinski definition) is 7. The molecule has 4 heterocycles. The number of carbonyl (C=O) groups is 2. The average Bonchev–Trinajstić information content (AvgIpc) is 3.63. The lowest BCUT2D eigenvalue weighted by Crippen LogP contribution is -2.38. The second-order valence-electron chi connectivity index (χ2n) is 11.6. The van der Waals surface area contributed by atoms with Crippen LogP contribution in [0.25, 0.3) is 28.2 Å². The minimum Gasteiger partial charge on any atom is -0.383 e. The van der Waals surface area contributed by atoms with E-state index in [1.165, 1.54) is 0 Å². The topological polar surface area (TPSA) is 140 Å². The standard InChI is InChI=1S/C32H33F3N8O2/c1-18-14-26(44)40-23-9-10-24(16-23)43-29-21(4-2-3-12-37-18)17-39-30(36)27(29)28(42-43)19-5-7-20(8-6-19)31(45)41-25-15-22(11-13-38-25)32(33,34)35/h2,4-8,11,13,15,17-18,23-24,37H,3,9-10,12,14,16H2,1H3,(H2,36,39)(H,40,44)(H,38,41,45)/b4-2+/t18-,23-,24-/m1/s1. The molecular formula is C32H33F3N8O2. The first kappa shape index (κ1) is 30.3. The van der Waals surface area contributed by atoms with E-state index < -0.39 is 17.6 Å². The van der Waals surface area contributed by atoms with Crippen LogP contribution in [-0.4, -0.2) is 50.2 Å². The highest BCUT2D eigenvalue weighted by Gasteiger charge is 2.32. The Hall–Kier alpha value is -4.78. The van der Waals surface area contributed by atoms with Crippen LogP contribution in [0.3, 0.4) is 0 Å². The lowest BCUT2D eigenvalue weighted by atomic mass is 10.0. The highest BCUT2D eigenvalue weighted by Crippen LogP contribution is 2.39. The third kappa shape index (κ3) is 6.53. The molecule has 0 unspecified atom stereocenters. The Bertz CT molecular complexity index is 1770. The number of halogens is 3. The first-order chi connectivity index (χ1) is 21.6. The first-order valence-electron chi connectivity index (χ1n) is 14.9. The number of alkyl halides is 3. The molecule has 3 aromatic heterocycles. The van der Waals surface area contributed by atoms with Gasteiger partial charge in [0, 0.05) is 47.6 Å². The molecule has 2 amide bonds. The van der Waals surface area contributed by atoms with E-state index in [9.17, 15) is 22.8 Å². The largest absolute Gasteiger partial charge is 0.416 e. The Morgan fingerprint density at radius 3 is 2.71 bits per heavy atom. The number of nitrogens with zero attached hydrogens (tertiary/aromatic N) is 4. The fraction of sp³-hybridized carbons (Fsp3) is 0.344. The number of hydrogen-bond donors (Lipinski definition) is 4. The van der Waals surface area contributed by atoms with Crippen molar-refractivity contribution in [3.05, 3.63) is 71.6 Å². The molecule has 13 heteroatoms. The normalized spacial score (nSPS) is 21.5. The van der Waals surface area contributed by atoms with Gasteiger partial charge in [-0.15, -0.1) is 0 Å². The minimum absolute atomic E-state index is 0.0196. The van der Waals surface area contributed by atoms with Gasteiger partial charge in [0.15, 0.2) is 0 Å². The van der Waals surface area contributed by atoms with Crippen molar-refractivity contribution in [1.82, 2.24) is 30.4 Å². The van der Waals surface area contributed by atoms with Crippen molar-refractivity contribution in [2.75, 3.05) is 17.6 Å². The summed E-state index contributed by atoms with van der Waals surface area (Å²) in [6.45, 7) is 2.73. The van der Waals surface area contributed by atoms with Crippen molar-refractivity contribution in [3.63, 3.8) is 0 Å².